The van der Waals surface area contributed by atoms with Crippen molar-refractivity contribution in [2.45, 2.75) is 24.7 Å². The van der Waals surface area contributed by atoms with Crippen LogP contribution < -0.4 is 0 Å². The van der Waals surface area contributed by atoms with E-state index in [9.17, 15) is 4.79 Å². The Morgan fingerprint density at radius 3 is 2.81 bits per heavy atom. The number of rotatable bonds is 5. The average Bonchev–Trinajstić information content (AvgIpc) is 2.27. The summed E-state index contributed by atoms with van der Waals surface area (Å²) in [5.74, 6) is -0.136. The maximum atomic E-state index is 11.2. The van der Waals surface area contributed by atoms with Gasteiger partial charge in [0.05, 0.1) is 6.61 Å². The van der Waals surface area contributed by atoms with Crippen molar-refractivity contribution in [3.05, 3.63) is 28.2 Å². The molecule has 0 saturated heterocycles. The minimum Gasteiger partial charge on any atom is -0.466 e. The van der Waals surface area contributed by atoms with E-state index in [-0.39, 0.29) is 5.97 Å². The molecule has 16 heavy (non-hydrogen) atoms. The van der Waals surface area contributed by atoms with Crippen LogP contribution in [0.2, 0.25) is 0 Å². The van der Waals surface area contributed by atoms with Gasteiger partial charge in [0.15, 0.2) is 0 Å². The van der Waals surface area contributed by atoms with E-state index in [1.165, 1.54) is 4.90 Å². The SMILES string of the molecule is CCOC(=O)CCc1ccc(SC)cc1Br. The Morgan fingerprint density at radius 2 is 2.25 bits per heavy atom. The van der Waals surface area contributed by atoms with Gasteiger partial charge in [0.1, 0.15) is 0 Å². The third kappa shape index (κ3) is 4.18. The third-order valence-corrected chi connectivity index (χ3v) is 3.63. The van der Waals surface area contributed by atoms with E-state index < -0.39 is 0 Å². The molecule has 0 aliphatic heterocycles. The first-order valence-corrected chi connectivity index (χ1v) is 7.17. The molecule has 0 radical (unpaired) electrons. The number of benzene rings is 1. The van der Waals surface area contributed by atoms with Crippen LogP contribution in [0.3, 0.4) is 0 Å². The van der Waals surface area contributed by atoms with Crippen LogP contribution >= 0.6 is 27.7 Å². The van der Waals surface area contributed by atoms with Crippen LogP contribution in [0.1, 0.15) is 18.9 Å². The van der Waals surface area contributed by atoms with Gasteiger partial charge in [-0.1, -0.05) is 22.0 Å². The van der Waals surface area contributed by atoms with E-state index in [0.29, 0.717) is 19.4 Å². The molecule has 0 bridgehead atoms. The number of ether oxygens (including phenoxy) is 1. The Hall–Kier alpha value is -0.480. The molecule has 1 rings (SSSR count). The summed E-state index contributed by atoms with van der Waals surface area (Å²) >= 11 is 5.21. The number of thioether (sulfide) groups is 1. The minimum atomic E-state index is -0.136. The summed E-state index contributed by atoms with van der Waals surface area (Å²) in [6.45, 7) is 2.27. The first kappa shape index (κ1) is 13.6. The van der Waals surface area contributed by atoms with Crippen molar-refractivity contribution in [3.8, 4) is 0 Å². The van der Waals surface area contributed by atoms with Gasteiger partial charge in [0.25, 0.3) is 0 Å². The fraction of sp³-hybridized carbons (Fsp3) is 0.417. The highest BCUT2D eigenvalue weighted by atomic mass is 79.9. The number of halogens is 1. The number of hydrogen-bond donors (Lipinski definition) is 0. The van der Waals surface area contributed by atoms with Crippen molar-refractivity contribution in [3.63, 3.8) is 0 Å². The second-order valence-electron chi connectivity index (χ2n) is 3.26. The molecule has 0 aliphatic rings. The third-order valence-electron chi connectivity index (χ3n) is 2.16. The Labute approximate surface area is 109 Å². The molecule has 88 valence electrons. The van der Waals surface area contributed by atoms with Gasteiger partial charge in [0.2, 0.25) is 0 Å². The van der Waals surface area contributed by atoms with Crippen LogP contribution in [-0.4, -0.2) is 18.8 Å². The molecular formula is C12H15BrO2S. The van der Waals surface area contributed by atoms with Gasteiger partial charge in [-0.2, -0.15) is 0 Å². The predicted molar refractivity (Wildman–Crippen MR) is 70.9 cm³/mol. The number of esters is 1. The molecule has 0 aliphatic carbocycles. The molecule has 0 amide bonds. The Morgan fingerprint density at radius 1 is 1.50 bits per heavy atom. The van der Waals surface area contributed by atoms with Crippen molar-refractivity contribution in [1.29, 1.82) is 0 Å². The molecule has 2 nitrogen and oxygen atoms in total. The Bertz CT molecular complexity index is 366. The molecule has 0 aromatic heterocycles. The summed E-state index contributed by atoms with van der Waals surface area (Å²) in [6, 6.07) is 6.19. The van der Waals surface area contributed by atoms with Gasteiger partial charge in [-0.3, -0.25) is 4.79 Å². The van der Waals surface area contributed by atoms with Crippen LogP contribution in [0.4, 0.5) is 0 Å². The molecule has 0 fully saturated rings. The lowest BCUT2D eigenvalue weighted by Gasteiger charge is -2.06. The second-order valence-corrected chi connectivity index (χ2v) is 5.00. The van der Waals surface area contributed by atoms with E-state index in [1.807, 2.05) is 13.2 Å². The van der Waals surface area contributed by atoms with Gasteiger partial charge < -0.3 is 4.74 Å². The lowest BCUT2D eigenvalue weighted by molar-refractivity contribution is -0.143. The molecule has 0 saturated carbocycles. The number of carbonyl (C=O) groups is 1. The van der Waals surface area contributed by atoms with E-state index in [2.05, 4.69) is 34.1 Å². The monoisotopic (exact) mass is 302 g/mol. The fourth-order valence-corrected chi connectivity index (χ4v) is 2.50. The molecule has 0 N–H and O–H groups in total. The quantitative estimate of drug-likeness (QED) is 0.613. The van der Waals surface area contributed by atoms with Crippen LogP contribution in [0.25, 0.3) is 0 Å². The number of carbonyl (C=O) groups excluding carboxylic acids is 1. The van der Waals surface area contributed by atoms with Crippen LogP contribution in [0, 0.1) is 0 Å². The summed E-state index contributed by atoms with van der Waals surface area (Å²) in [5, 5.41) is 0. The average molecular weight is 303 g/mol. The van der Waals surface area contributed by atoms with Gasteiger partial charge in [0, 0.05) is 15.8 Å². The maximum Gasteiger partial charge on any atom is 0.306 e. The van der Waals surface area contributed by atoms with Crippen LogP contribution in [0.15, 0.2) is 27.6 Å². The Balaban J connectivity index is 2.57. The smallest absolute Gasteiger partial charge is 0.306 e. The van der Waals surface area contributed by atoms with Crippen molar-refractivity contribution < 1.29 is 9.53 Å². The van der Waals surface area contributed by atoms with E-state index in [1.54, 1.807) is 11.8 Å². The number of aryl methyl sites for hydroxylation is 1. The van der Waals surface area contributed by atoms with E-state index >= 15 is 0 Å². The largest absolute Gasteiger partial charge is 0.466 e. The van der Waals surface area contributed by atoms with Crippen LogP contribution in [0.5, 0.6) is 0 Å². The van der Waals surface area contributed by atoms with Crippen molar-refractivity contribution >= 4 is 33.7 Å². The summed E-state index contributed by atoms with van der Waals surface area (Å²) < 4.78 is 5.95. The van der Waals surface area contributed by atoms with Gasteiger partial charge >= 0.3 is 5.97 Å². The highest BCUT2D eigenvalue weighted by Crippen LogP contribution is 2.24. The normalized spacial score (nSPS) is 10.2. The van der Waals surface area contributed by atoms with Crippen molar-refractivity contribution in [2.75, 3.05) is 12.9 Å². The molecule has 0 heterocycles. The topological polar surface area (TPSA) is 26.3 Å². The maximum absolute atomic E-state index is 11.2. The first-order chi connectivity index (χ1) is 7.67. The van der Waals surface area contributed by atoms with Gasteiger partial charge in [-0.15, -0.1) is 11.8 Å². The molecule has 0 spiro atoms. The summed E-state index contributed by atoms with van der Waals surface area (Å²) in [4.78, 5) is 12.4. The molecule has 0 unspecified atom stereocenters. The lowest BCUT2D eigenvalue weighted by Crippen LogP contribution is -2.05. The van der Waals surface area contributed by atoms with E-state index in [0.717, 1.165) is 10.0 Å². The zero-order valence-corrected chi connectivity index (χ0v) is 11.9. The fourth-order valence-electron chi connectivity index (χ4n) is 1.33. The summed E-state index contributed by atoms with van der Waals surface area (Å²) in [6.07, 6.45) is 3.19. The lowest BCUT2D eigenvalue weighted by atomic mass is 10.1. The standard InChI is InChI=1S/C12H15BrO2S/c1-3-15-12(14)7-5-9-4-6-10(16-2)8-11(9)13/h4,6,8H,3,5,7H2,1-2H3. The first-order valence-electron chi connectivity index (χ1n) is 5.15. The van der Waals surface area contributed by atoms with Gasteiger partial charge in [-0.05, 0) is 37.3 Å². The zero-order chi connectivity index (χ0) is 12.0. The van der Waals surface area contributed by atoms with Crippen molar-refractivity contribution in [2.24, 2.45) is 0 Å². The van der Waals surface area contributed by atoms with Gasteiger partial charge in [-0.25, -0.2) is 0 Å². The molecule has 1 aromatic carbocycles. The molecule has 4 heteroatoms. The zero-order valence-electron chi connectivity index (χ0n) is 9.46. The predicted octanol–water partition coefficient (Wildman–Crippen LogP) is 3.67. The van der Waals surface area contributed by atoms with Crippen molar-refractivity contribution in [1.82, 2.24) is 0 Å². The highest BCUT2D eigenvalue weighted by molar-refractivity contribution is 9.10. The summed E-state index contributed by atoms with van der Waals surface area (Å²) in [5.41, 5.74) is 1.14. The molecule has 1 aromatic rings. The Kier molecular flexibility index (Phi) is 5.91. The second kappa shape index (κ2) is 6.97. The van der Waals surface area contributed by atoms with E-state index in [4.69, 9.17) is 4.74 Å². The van der Waals surface area contributed by atoms with Crippen LogP contribution in [-0.2, 0) is 16.0 Å². The number of hydrogen-bond acceptors (Lipinski definition) is 3. The minimum absolute atomic E-state index is 0.136. The molecular weight excluding hydrogens is 288 g/mol. The highest BCUT2D eigenvalue weighted by Gasteiger charge is 2.06. The molecule has 0 atom stereocenters. The summed E-state index contributed by atoms with van der Waals surface area (Å²) in [7, 11) is 0.